The lowest BCUT2D eigenvalue weighted by Gasteiger charge is -2.27. The van der Waals surface area contributed by atoms with Gasteiger partial charge in [0.25, 0.3) is 5.91 Å². The van der Waals surface area contributed by atoms with Crippen LogP contribution in [-0.2, 0) is 11.0 Å². The lowest BCUT2D eigenvalue weighted by atomic mass is 10.0. The Morgan fingerprint density at radius 3 is 2.32 bits per heavy atom. The summed E-state index contributed by atoms with van der Waals surface area (Å²) in [4.78, 5) is 12.1. The highest BCUT2D eigenvalue weighted by atomic mass is 79.9. The number of rotatable bonds is 1. The normalized spacial score (nSPS) is 17.5. The third-order valence-electron chi connectivity index (χ3n) is 3.37. The van der Waals surface area contributed by atoms with E-state index in [0.717, 1.165) is 16.6 Å². The lowest BCUT2D eigenvalue weighted by Crippen LogP contribution is -2.31. The Kier molecular flexibility index (Phi) is 3.60. The maximum atomic E-state index is 12.6. The second-order valence-corrected chi connectivity index (χ2v) is 5.79. The van der Waals surface area contributed by atoms with Gasteiger partial charge in [0.15, 0.2) is 0 Å². The first-order valence-electron chi connectivity index (χ1n) is 6.39. The number of carbonyl (C=O) groups excluding carboxylic acids is 1. The number of carbonyl (C=O) groups is 1. The van der Waals surface area contributed by atoms with Crippen LogP contribution in [0.5, 0.6) is 0 Å². The molecular formula is C15H10BrF3N2O. The van der Waals surface area contributed by atoms with Crippen LogP contribution in [0.1, 0.15) is 17.2 Å². The summed E-state index contributed by atoms with van der Waals surface area (Å²) in [6.45, 7) is 0. The molecule has 1 atom stereocenters. The third kappa shape index (κ3) is 2.81. The van der Waals surface area contributed by atoms with Gasteiger partial charge in [-0.3, -0.25) is 4.79 Å². The van der Waals surface area contributed by atoms with Gasteiger partial charge in [-0.1, -0.05) is 28.1 Å². The van der Waals surface area contributed by atoms with Gasteiger partial charge in [-0.15, -0.1) is 0 Å². The molecule has 0 unspecified atom stereocenters. The fraction of sp³-hybridized carbons (Fsp3) is 0.133. The third-order valence-corrected chi connectivity index (χ3v) is 3.87. The monoisotopic (exact) mass is 370 g/mol. The Hall–Kier alpha value is -2.02. The first-order chi connectivity index (χ1) is 10.3. The predicted molar refractivity (Wildman–Crippen MR) is 80.6 cm³/mol. The molecule has 0 aliphatic carbocycles. The molecule has 3 nitrogen and oxygen atoms in total. The van der Waals surface area contributed by atoms with Crippen molar-refractivity contribution in [2.75, 3.05) is 10.6 Å². The minimum Gasteiger partial charge on any atom is -0.368 e. The first kappa shape index (κ1) is 14.9. The molecule has 1 amide bonds. The van der Waals surface area contributed by atoms with Gasteiger partial charge in [0.05, 0.1) is 16.9 Å². The Labute approximate surface area is 132 Å². The molecule has 1 aliphatic heterocycles. The van der Waals surface area contributed by atoms with E-state index in [-0.39, 0.29) is 5.91 Å². The molecule has 22 heavy (non-hydrogen) atoms. The molecule has 0 bridgehead atoms. The van der Waals surface area contributed by atoms with Crippen LogP contribution in [-0.4, -0.2) is 5.91 Å². The molecule has 0 saturated heterocycles. The molecule has 2 N–H and O–H groups in total. The van der Waals surface area contributed by atoms with Crippen molar-refractivity contribution in [1.29, 1.82) is 0 Å². The lowest BCUT2D eigenvalue weighted by molar-refractivity contribution is -0.137. The van der Waals surface area contributed by atoms with E-state index in [2.05, 4.69) is 26.6 Å². The molecule has 0 saturated carbocycles. The van der Waals surface area contributed by atoms with E-state index in [1.807, 2.05) is 6.07 Å². The summed E-state index contributed by atoms with van der Waals surface area (Å²) in [6, 6.07) is 9.19. The van der Waals surface area contributed by atoms with Crippen molar-refractivity contribution in [3.8, 4) is 0 Å². The number of halogens is 4. The highest BCUT2D eigenvalue weighted by Gasteiger charge is 2.31. The van der Waals surface area contributed by atoms with Crippen LogP contribution in [0.25, 0.3) is 0 Å². The van der Waals surface area contributed by atoms with E-state index in [9.17, 15) is 18.0 Å². The van der Waals surface area contributed by atoms with Gasteiger partial charge in [-0.25, -0.2) is 0 Å². The number of fused-ring (bicyclic) bond motifs is 1. The summed E-state index contributed by atoms with van der Waals surface area (Å²) >= 11 is 3.31. The van der Waals surface area contributed by atoms with E-state index < -0.39 is 17.8 Å². The van der Waals surface area contributed by atoms with Crippen LogP contribution in [0.15, 0.2) is 46.9 Å². The zero-order valence-corrected chi connectivity index (χ0v) is 12.6. The van der Waals surface area contributed by atoms with E-state index in [0.29, 0.717) is 16.9 Å². The number of anilines is 2. The van der Waals surface area contributed by atoms with Crippen molar-refractivity contribution in [3.05, 3.63) is 58.1 Å². The van der Waals surface area contributed by atoms with Crippen LogP contribution in [0, 0.1) is 0 Å². The second-order valence-electron chi connectivity index (χ2n) is 4.88. The van der Waals surface area contributed by atoms with Gasteiger partial charge >= 0.3 is 6.18 Å². The quantitative estimate of drug-likeness (QED) is 0.771. The number of benzene rings is 2. The van der Waals surface area contributed by atoms with Crippen molar-refractivity contribution < 1.29 is 18.0 Å². The van der Waals surface area contributed by atoms with Gasteiger partial charge in [0.1, 0.15) is 6.04 Å². The van der Waals surface area contributed by atoms with Crippen molar-refractivity contribution >= 4 is 33.2 Å². The van der Waals surface area contributed by atoms with E-state index in [1.54, 1.807) is 12.1 Å². The first-order valence-corrected chi connectivity index (χ1v) is 7.18. The Morgan fingerprint density at radius 2 is 1.68 bits per heavy atom. The average Bonchev–Trinajstić information content (AvgIpc) is 2.45. The molecule has 7 heteroatoms. The van der Waals surface area contributed by atoms with E-state index in [1.165, 1.54) is 12.1 Å². The number of hydrogen-bond donors (Lipinski definition) is 2. The predicted octanol–water partition coefficient (Wildman–Crippen LogP) is 4.57. The smallest absolute Gasteiger partial charge is 0.368 e. The molecule has 0 radical (unpaired) electrons. The van der Waals surface area contributed by atoms with Gasteiger partial charge in [-0.05, 0) is 35.9 Å². The standard InChI is InChI=1S/C15H10BrF3N2O/c16-10-5-6-11-12(7-10)21-14(22)13(20-11)8-1-3-9(4-2-8)15(17,18)19/h1-7,13,20H,(H,21,22)/t13-/m0/s1. The van der Waals surface area contributed by atoms with Gasteiger partial charge in [0.2, 0.25) is 0 Å². The van der Waals surface area contributed by atoms with E-state index >= 15 is 0 Å². The largest absolute Gasteiger partial charge is 0.416 e. The second kappa shape index (κ2) is 5.31. The number of alkyl halides is 3. The van der Waals surface area contributed by atoms with Gasteiger partial charge < -0.3 is 10.6 Å². The summed E-state index contributed by atoms with van der Waals surface area (Å²) in [5.41, 5.74) is 1.08. The Morgan fingerprint density at radius 1 is 1.00 bits per heavy atom. The fourth-order valence-electron chi connectivity index (χ4n) is 2.27. The topological polar surface area (TPSA) is 41.1 Å². The Balaban J connectivity index is 1.89. The molecule has 1 heterocycles. The van der Waals surface area contributed by atoms with Crippen molar-refractivity contribution in [2.24, 2.45) is 0 Å². The summed E-state index contributed by atoms with van der Waals surface area (Å²) < 4.78 is 38.5. The zero-order chi connectivity index (χ0) is 15.9. The number of amides is 1. The van der Waals surface area contributed by atoms with Crippen LogP contribution in [0.4, 0.5) is 24.5 Å². The van der Waals surface area contributed by atoms with Gasteiger partial charge in [0, 0.05) is 4.47 Å². The number of nitrogens with one attached hydrogen (secondary N) is 2. The van der Waals surface area contributed by atoms with Crippen LogP contribution in [0.2, 0.25) is 0 Å². The molecule has 2 aromatic rings. The molecule has 1 aliphatic rings. The Bertz CT molecular complexity index is 729. The maximum absolute atomic E-state index is 12.6. The minimum absolute atomic E-state index is 0.314. The molecular weight excluding hydrogens is 361 g/mol. The molecule has 2 aromatic carbocycles. The summed E-state index contributed by atoms with van der Waals surface area (Å²) in [7, 11) is 0. The van der Waals surface area contributed by atoms with Crippen molar-refractivity contribution in [2.45, 2.75) is 12.2 Å². The summed E-state index contributed by atoms with van der Waals surface area (Å²) in [5, 5.41) is 5.77. The van der Waals surface area contributed by atoms with Crippen LogP contribution < -0.4 is 10.6 Å². The van der Waals surface area contributed by atoms with Gasteiger partial charge in [-0.2, -0.15) is 13.2 Å². The summed E-state index contributed by atoms with van der Waals surface area (Å²) in [5.74, 6) is -0.314. The van der Waals surface area contributed by atoms with Crippen molar-refractivity contribution in [3.63, 3.8) is 0 Å². The molecule has 3 rings (SSSR count). The highest BCUT2D eigenvalue weighted by Crippen LogP contribution is 2.35. The minimum atomic E-state index is -4.39. The number of hydrogen-bond acceptors (Lipinski definition) is 2. The molecule has 114 valence electrons. The molecule has 0 fully saturated rings. The SMILES string of the molecule is O=C1Nc2cc(Br)ccc2N[C@H]1c1ccc(C(F)(F)F)cc1. The average molecular weight is 371 g/mol. The van der Waals surface area contributed by atoms with Crippen molar-refractivity contribution in [1.82, 2.24) is 0 Å². The van der Waals surface area contributed by atoms with Crippen LogP contribution >= 0.6 is 15.9 Å². The van der Waals surface area contributed by atoms with E-state index in [4.69, 9.17) is 0 Å². The fourth-order valence-corrected chi connectivity index (χ4v) is 2.63. The molecule has 0 aromatic heterocycles. The van der Waals surface area contributed by atoms with Crippen LogP contribution in [0.3, 0.4) is 0 Å². The zero-order valence-electron chi connectivity index (χ0n) is 11.0. The highest BCUT2D eigenvalue weighted by molar-refractivity contribution is 9.10. The summed E-state index contributed by atoms with van der Waals surface area (Å²) in [6.07, 6.45) is -4.39. The maximum Gasteiger partial charge on any atom is 0.416 e. The molecule has 0 spiro atoms.